The number of benzene rings is 1. The van der Waals surface area contributed by atoms with Crippen LogP contribution in [0.25, 0.3) is 0 Å². The zero-order valence-corrected chi connectivity index (χ0v) is 12.9. The highest BCUT2D eigenvalue weighted by atomic mass is 16.5. The Hall–Kier alpha value is -1.88. The van der Waals surface area contributed by atoms with Crippen molar-refractivity contribution in [3.05, 3.63) is 41.5 Å². The van der Waals surface area contributed by atoms with E-state index in [1.54, 1.807) is 0 Å². The van der Waals surface area contributed by atoms with Crippen LogP contribution in [0.3, 0.4) is 0 Å². The zero-order valence-electron chi connectivity index (χ0n) is 12.9. The van der Waals surface area contributed by atoms with Crippen molar-refractivity contribution >= 4 is 0 Å². The molecule has 0 aliphatic rings. The smallest absolute Gasteiger partial charge is 0.226 e. The number of aryl methyl sites for hydroxylation is 1. The summed E-state index contributed by atoms with van der Waals surface area (Å²) < 4.78 is 11.0. The van der Waals surface area contributed by atoms with E-state index in [2.05, 4.69) is 35.4 Å². The van der Waals surface area contributed by atoms with Crippen LogP contribution in [-0.4, -0.2) is 17.2 Å². The zero-order chi connectivity index (χ0) is 15.1. The molecule has 0 fully saturated rings. The van der Waals surface area contributed by atoms with Crippen LogP contribution in [0.15, 0.2) is 28.8 Å². The van der Waals surface area contributed by atoms with E-state index in [4.69, 9.17) is 9.26 Å². The largest absolute Gasteiger partial charge is 0.485 e. The van der Waals surface area contributed by atoms with E-state index in [0.29, 0.717) is 18.3 Å². The molecule has 5 heteroatoms. The van der Waals surface area contributed by atoms with Gasteiger partial charge < -0.3 is 14.6 Å². The van der Waals surface area contributed by atoms with Crippen molar-refractivity contribution in [2.45, 2.75) is 45.8 Å². The second-order valence-corrected chi connectivity index (χ2v) is 4.93. The van der Waals surface area contributed by atoms with Crippen molar-refractivity contribution in [2.24, 2.45) is 0 Å². The molecule has 21 heavy (non-hydrogen) atoms. The summed E-state index contributed by atoms with van der Waals surface area (Å²) in [6.07, 6.45) is 2.80. The van der Waals surface area contributed by atoms with Gasteiger partial charge in [0, 0.05) is 18.0 Å². The Bertz CT molecular complexity index is 550. The van der Waals surface area contributed by atoms with Gasteiger partial charge in [-0.05, 0) is 26.0 Å². The summed E-state index contributed by atoms with van der Waals surface area (Å²) in [5.74, 6) is 2.12. The number of rotatable bonds is 8. The molecule has 0 bridgehead atoms. The van der Waals surface area contributed by atoms with Crippen LogP contribution < -0.4 is 10.1 Å². The Balaban J connectivity index is 2.05. The molecule has 0 saturated carbocycles. The van der Waals surface area contributed by atoms with Gasteiger partial charge in [0.2, 0.25) is 11.7 Å². The first-order valence-electron chi connectivity index (χ1n) is 7.48. The molecule has 2 aromatic rings. The third-order valence-electron chi connectivity index (χ3n) is 3.38. The number of hydrogen-bond donors (Lipinski definition) is 1. The predicted octanol–water partition coefficient (Wildman–Crippen LogP) is 3.27. The summed E-state index contributed by atoms with van der Waals surface area (Å²) in [6.45, 7) is 4.55. The van der Waals surface area contributed by atoms with Crippen LogP contribution in [0.1, 0.15) is 50.0 Å². The first kappa shape index (κ1) is 15.5. The van der Waals surface area contributed by atoms with Crippen molar-refractivity contribution in [1.29, 1.82) is 0 Å². The average Bonchev–Trinajstić information content (AvgIpc) is 2.96. The van der Waals surface area contributed by atoms with Gasteiger partial charge in [-0.3, -0.25) is 0 Å². The monoisotopic (exact) mass is 289 g/mol. The van der Waals surface area contributed by atoms with Crippen LogP contribution in [0.2, 0.25) is 0 Å². The van der Waals surface area contributed by atoms with Gasteiger partial charge in [0.25, 0.3) is 0 Å². The lowest BCUT2D eigenvalue weighted by Crippen LogP contribution is -2.16. The van der Waals surface area contributed by atoms with Crippen LogP contribution >= 0.6 is 0 Å². The van der Waals surface area contributed by atoms with Crippen molar-refractivity contribution < 1.29 is 9.26 Å². The molecule has 0 radical (unpaired) electrons. The summed E-state index contributed by atoms with van der Waals surface area (Å²) in [5, 5.41) is 7.24. The van der Waals surface area contributed by atoms with Gasteiger partial charge in [-0.15, -0.1) is 0 Å². The maximum absolute atomic E-state index is 5.87. The second kappa shape index (κ2) is 7.78. The Morgan fingerprint density at radius 2 is 2.10 bits per heavy atom. The molecule has 5 nitrogen and oxygen atoms in total. The topological polar surface area (TPSA) is 60.2 Å². The number of aromatic nitrogens is 2. The van der Waals surface area contributed by atoms with Gasteiger partial charge in [0.1, 0.15) is 5.75 Å². The summed E-state index contributed by atoms with van der Waals surface area (Å²) in [5.41, 5.74) is 1.15. The standard InChI is InChI=1S/C16H23N3O2/c1-4-8-16-18-15(19-21-16)11-20-14-10-7-6-9-12(14)13(5-2)17-3/h6-7,9-10,13,17H,4-5,8,11H2,1-3H3. The van der Waals surface area contributed by atoms with E-state index >= 15 is 0 Å². The van der Waals surface area contributed by atoms with Gasteiger partial charge in [-0.1, -0.05) is 37.2 Å². The molecule has 2 rings (SSSR count). The lowest BCUT2D eigenvalue weighted by Gasteiger charge is -2.18. The Labute approximate surface area is 125 Å². The molecule has 1 aromatic carbocycles. The van der Waals surface area contributed by atoms with E-state index in [9.17, 15) is 0 Å². The normalized spacial score (nSPS) is 12.3. The lowest BCUT2D eigenvalue weighted by molar-refractivity contribution is 0.279. The van der Waals surface area contributed by atoms with Gasteiger partial charge in [0.05, 0.1) is 0 Å². The minimum Gasteiger partial charge on any atom is -0.485 e. The second-order valence-electron chi connectivity index (χ2n) is 4.93. The van der Waals surface area contributed by atoms with Crippen LogP contribution in [0.4, 0.5) is 0 Å². The van der Waals surface area contributed by atoms with Crippen LogP contribution in [0, 0.1) is 0 Å². The van der Waals surface area contributed by atoms with Crippen molar-refractivity contribution in [2.75, 3.05) is 7.05 Å². The number of ether oxygens (including phenoxy) is 1. The van der Waals surface area contributed by atoms with E-state index in [0.717, 1.165) is 30.6 Å². The highest BCUT2D eigenvalue weighted by Crippen LogP contribution is 2.27. The number of nitrogens with zero attached hydrogens (tertiary/aromatic N) is 2. The molecular formula is C16H23N3O2. The number of hydrogen-bond acceptors (Lipinski definition) is 5. The average molecular weight is 289 g/mol. The third-order valence-corrected chi connectivity index (χ3v) is 3.38. The maximum Gasteiger partial charge on any atom is 0.226 e. The third kappa shape index (κ3) is 4.04. The molecule has 1 heterocycles. The lowest BCUT2D eigenvalue weighted by atomic mass is 10.0. The van der Waals surface area contributed by atoms with Crippen molar-refractivity contribution in [3.63, 3.8) is 0 Å². The summed E-state index contributed by atoms with van der Waals surface area (Å²) in [4.78, 5) is 4.31. The maximum atomic E-state index is 5.87. The molecule has 1 atom stereocenters. The van der Waals surface area contributed by atoms with E-state index in [1.165, 1.54) is 0 Å². The molecule has 0 aliphatic carbocycles. The number of para-hydroxylation sites is 1. The molecule has 1 unspecified atom stereocenters. The van der Waals surface area contributed by atoms with Gasteiger partial charge in [-0.2, -0.15) is 4.98 Å². The number of nitrogens with one attached hydrogen (secondary N) is 1. The molecule has 0 amide bonds. The Morgan fingerprint density at radius 1 is 1.29 bits per heavy atom. The highest BCUT2D eigenvalue weighted by molar-refractivity contribution is 5.35. The SMILES string of the molecule is CCCc1nc(COc2ccccc2C(CC)NC)no1. The van der Waals surface area contributed by atoms with E-state index < -0.39 is 0 Å². The van der Waals surface area contributed by atoms with Gasteiger partial charge in [-0.25, -0.2) is 0 Å². The molecule has 1 aromatic heterocycles. The highest BCUT2D eigenvalue weighted by Gasteiger charge is 2.13. The first-order chi connectivity index (χ1) is 10.3. The van der Waals surface area contributed by atoms with Crippen molar-refractivity contribution in [3.8, 4) is 5.75 Å². The van der Waals surface area contributed by atoms with Crippen LogP contribution in [0.5, 0.6) is 5.75 Å². The first-order valence-corrected chi connectivity index (χ1v) is 7.48. The molecule has 114 valence electrons. The van der Waals surface area contributed by atoms with Crippen molar-refractivity contribution in [1.82, 2.24) is 15.5 Å². The Kier molecular flexibility index (Phi) is 5.75. The summed E-state index contributed by atoms with van der Waals surface area (Å²) in [6, 6.07) is 8.33. The fraction of sp³-hybridized carbons (Fsp3) is 0.500. The molecule has 0 spiro atoms. The van der Waals surface area contributed by atoms with Gasteiger partial charge >= 0.3 is 0 Å². The molecule has 0 saturated heterocycles. The fourth-order valence-corrected chi connectivity index (χ4v) is 2.29. The molecular weight excluding hydrogens is 266 g/mol. The van der Waals surface area contributed by atoms with E-state index in [-0.39, 0.29) is 6.04 Å². The Morgan fingerprint density at radius 3 is 2.81 bits per heavy atom. The van der Waals surface area contributed by atoms with Crippen LogP contribution in [-0.2, 0) is 13.0 Å². The summed E-state index contributed by atoms with van der Waals surface area (Å²) in [7, 11) is 1.96. The molecule has 1 N–H and O–H groups in total. The quantitative estimate of drug-likeness (QED) is 0.808. The predicted molar refractivity (Wildman–Crippen MR) is 81.2 cm³/mol. The fourth-order valence-electron chi connectivity index (χ4n) is 2.29. The van der Waals surface area contributed by atoms with E-state index in [1.807, 2.05) is 25.2 Å². The van der Waals surface area contributed by atoms with Gasteiger partial charge in [0.15, 0.2) is 6.61 Å². The molecule has 0 aliphatic heterocycles. The minimum absolute atomic E-state index is 0.280. The minimum atomic E-state index is 0.280. The summed E-state index contributed by atoms with van der Waals surface area (Å²) >= 11 is 0.